The Labute approximate surface area is 232 Å². The summed E-state index contributed by atoms with van der Waals surface area (Å²) in [4.78, 5) is 27.6. The molecular formula is C29H36N2O9. The molecule has 1 heterocycles. The van der Waals surface area contributed by atoms with Gasteiger partial charge < -0.3 is 43.8 Å². The number of rotatable bonds is 12. The molecule has 11 nitrogen and oxygen atoms in total. The molecule has 40 heavy (non-hydrogen) atoms. The van der Waals surface area contributed by atoms with Crippen molar-refractivity contribution in [2.45, 2.75) is 25.3 Å². The van der Waals surface area contributed by atoms with Crippen molar-refractivity contribution in [3.05, 3.63) is 69.3 Å². The highest BCUT2D eigenvalue weighted by Gasteiger charge is 2.28. The monoisotopic (exact) mass is 556 g/mol. The summed E-state index contributed by atoms with van der Waals surface area (Å²) in [5.74, 6) is -0.0498. The van der Waals surface area contributed by atoms with Gasteiger partial charge in [-0.15, -0.1) is 0 Å². The molecule has 2 atom stereocenters. The molecule has 0 fully saturated rings. The molecule has 0 radical (unpaired) electrons. The van der Waals surface area contributed by atoms with E-state index in [9.17, 15) is 19.8 Å². The largest absolute Gasteiger partial charge is 0.504 e. The van der Waals surface area contributed by atoms with Gasteiger partial charge >= 0.3 is 0 Å². The van der Waals surface area contributed by atoms with Crippen molar-refractivity contribution in [2.75, 3.05) is 49.1 Å². The molecule has 0 bridgehead atoms. The third kappa shape index (κ3) is 6.60. The Kier molecular flexibility index (Phi) is 9.89. The number of phenolic OH excluding ortho intramolecular Hbond substituents is 1. The van der Waals surface area contributed by atoms with Gasteiger partial charge in [0.2, 0.25) is 22.8 Å². The van der Waals surface area contributed by atoms with Crippen molar-refractivity contribution in [3.63, 3.8) is 0 Å². The predicted molar refractivity (Wildman–Crippen MR) is 148 cm³/mol. The molecule has 3 N–H and O–H groups in total. The lowest BCUT2D eigenvalue weighted by atomic mass is 9.91. The van der Waals surface area contributed by atoms with E-state index in [-0.39, 0.29) is 47.9 Å². The van der Waals surface area contributed by atoms with Gasteiger partial charge in [0.05, 0.1) is 40.4 Å². The number of hydrogen-bond donors (Lipinski definition) is 3. The van der Waals surface area contributed by atoms with Crippen LogP contribution in [-0.4, -0.2) is 70.1 Å². The molecule has 216 valence electrons. The summed E-state index contributed by atoms with van der Waals surface area (Å²) in [6.45, 7) is 1.80. The van der Waals surface area contributed by atoms with Crippen LogP contribution >= 0.6 is 0 Å². The van der Waals surface area contributed by atoms with E-state index < -0.39 is 17.1 Å². The Balaban J connectivity index is 1.93. The quantitative estimate of drug-likeness (QED) is 0.304. The maximum atomic E-state index is 13.3. The first kappa shape index (κ1) is 30.2. The number of carbonyl (C=O) groups excluding carboxylic acids is 1. The number of aromatic hydroxyl groups is 2. The molecule has 0 spiro atoms. The Bertz CT molecular complexity index is 1380. The van der Waals surface area contributed by atoms with Crippen LogP contribution in [0, 0.1) is 6.92 Å². The summed E-state index contributed by atoms with van der Waals surface area (Å²) in [5, 5.41) is 23.6. The lowest BCUT2D eigenvalue weighted by molar-refractivity contribution is -0.121. The van der Waals surface area contributed by atoms with Gasteiger partial charge in [0, 0.05) is 19.0 Å². The molecule has 1 amide bonds. The minimum atomic E-state index is -0.846. The van der Waals surface area contributed by atoms with E-state index in [4.69, 9.17) is 23.4 Å². The molecule has 0 saturated carbocycles. The number of aryl methyl sites for hydroxylation is 1. The maximum absolute atomic E-state index is 13.3. The minimum absolute atomic E-state index is 0.0540. The smallest absolute Gasteiger partial charge is 0.227 e. The average Bonchev–Trinajstić information content (AvgIpc) is 2.93. The van der Waals surface area contributed by atoms with Crippen molar-refractivity contribution in [1.82, 2.24) is 10.2 Å². The highest BCUT2D eigenvalue weighted by Crippen LogP contribution is 2.41. The molecule has 1 aromatic heterocycles. The van der Waals surface area contributed by atoms with Crippen LogP contribution < -0.4 is 29.7 Å². The number of methoxy groups -OCH3 is 4. The van der Waals surface area contributed by atoms with E-state index in [0.29, 0.717) is 22.8 Å². The molecule has 3 rings (SSSR count). The highest BCUT2D eigenvalue weighted by atomic mass is 16.5. The Hall–Kier alpha value is -4.38. The number of nitrogens with one attached hydrogen (secondary N) is 1. The Morgan fingerprint density at radius 1 is 0.925 bits per heavy atom. The Morgan fingerprint density at radius 3 is 2.08 bits per heavy atom. The number of amides is 1. The molecule has 11 heteroatoms. The van der Waals surface area contributed by atoms with Gasteiger partial charge in [-0.3, -0.25) is 9.59 Å². The summed E-state index contributed by atoms with van der Waals surface area (Å²) in [5.41, 5.74) is 0.703. The molecule has 0 aliphatic carbocycles. The van der Waals surface area contributed by atoms with Crippen LogP contribution in [0.3, 0.4) is 0 Å². The fraction of sp³-hybridized carbons (Fsp3) is 0.379. The predicted octanol–water partition coefficient (Wildman–Crippen LogP) is 3.33. The zero-order valence-electron chi connectivity index (χ0n) is 23.7. The lowest BCUT2D eigenvalue weighted by Gasteiger charge is -2.27. The van der Waals surface area contributed by atoms with Crippen LogP contribution in [0.1, 0.15) is 41.0 Å². The first-order chi connectivity index (χ1) is 19.0. The minimum Gasteiger partial charge on any atom is -0.504 e. The number of phenols is 1. The van der Waals surface area contributed by atoms with Gasteiger partial charge in [-0.05, 0) is 56.4 Å². The molecule has 0 unspecified atom stereocenters. The summed E-state index contributed by atoms with van der Waals surface area (Å²) < 4.78 is 27.3. The maximum Gasteiger partial charge on any atom is 0.227 e. The van der Waals surface area contributed by atoms with Crippen molar-refractivity contribution >= 4 is 5.91 Å². The summed E-state index contributed by atoms with van der Waals surface area (Å²) in [6.07, 6.45) is -0.163. The van der Waals surface area contributed by atoms with Crippen LogP contribution in [0.2, 0.25) is 0 Å². The van der Waals surface area contributed by atoms with E-state index in [1.165, 1.54) is 46.6 Å². The second-order valence-corrected chi connectivity index (χ2v) is 9.36. The standard InChI is InChI=1S/C29H36N2O9/c1-16-10-22(33)27(35)28(40-16)19(17-8-9-21(32)23(11-17)36-4)14-26(34)30-15-20(31(2)3)18-12-24(37-5)29(39-7)25(13-18)38-6/h8-13,19-20,32,35H,14-15H2,1-7H3,(H,30,34)/t19-,20-/m1/s1. The van der Waals surface area contributed by atoms with E-state index in [1.807, 2.05) is 31.1 Å². The van der Waals surface area contributed by atoms with Crippen LogP contribution in [0.25, 0.3) is 0 Å². The van der Waals surface area contributed by atoms with Crippen LogP contribution in [-0.2, 0) is 4.79 Å². The summed E-state index contributed by atoms with van der Waals surface area (Å²) >= 11 is 0. The second-order valence-electron chi connectivity index (χ2n) is 9.36. The fourth-order valence-electron chi connectivity index (χ4n) is 4.50. The normalized spacial score (nSPS) is 12.5. The van der Waals surface area contributed by atoms with Gasteiger partial charge in [-0.25, -0.2) is 0 Å². The van der Waals surface area contributed by atoms with Gasteiger partial charge in [0.25, 0.3) is 0 Å². The van der Waals surface area contributed by atoms with E-state index in [2.05, 4.69) is 5.32 Å². The number of likely N-dealkylation sites (N-methyl/N-ethyl adjacent to an activating group) is 1. The third-order valence-electron chi connectivity index (χ3n) is 6.57. The van der Waals surface area contributed by atoms with Gasteiger partial charge in [0.15, 0.2) is 28.8 Å². The summed E-state index contributed by atoms with van der Waals surface area (Å²) in [6, 6.07) is 9.08. The zero-order valence-corrected chi connectivity index (χ0v) is 23.7. The number of benzene rings is 2. The third-order valence-corrected chi connectivity index (χ3v) is 6.57. The van der Waals surface area contributed by atoms with Crippen molar-refractivity contribution in [1.29, 1.82) is 0 Å². The molecule has 0 saturated heterocycles. The molecule has 0 aliphatic heterocycles. The van der Waals surface area contributed by atoms with E-state index in [1.54, 1.807) is 13.0 Å². The zero-order chi connectivity index (χ0) is 29.6. The first-order valence-corrected chi connectivity index (χ1v) is 12.5. The second kappa shape index (κ2) is 13.1. The van der Waals surface area contributed by atoms with E-state index in [0.717, 1.165) is 5.56 Å². The average molecular weight is 557 g/mol. The topological polar surface area (TPSA) is 140 Å². The van der Waals surface area contributed by atoms with Gasteiger partial charge in [-0.1, -0.05) is 6.07 Å². The fourth-order valence-corrected chi connectivity index (χ4v) is 4.50. The molecule has 3 aromatic rings. The number of nitrogens with zero attached hydrogens (tertiary/aromatic N) is 1. The number of carbonyl (C=O) groups is 1. The summed E-state index contributed by atoms with van der Waals surface area (Å²) in [7, 11) is 9.75. The van der Waals surface area contributed by atoms with Crippen molar-refractivity contribution < 1.29 is 38.4 Å². The molecular weight excluding hydrogens is 520 g/mol. The Morgan fingerprint density at radius 2 is 1.52 bits per heavy atom. The molecule has 2 aromatic carbocycles. The first-order valence-electron chi connectivity index (χ1n) is 12.5. The van der Waals surface area contributed by atoms with E-state index >= 15 is 0 Å². The van der Waals surface area contributed by atoms with Crippen molar-refractivity contribution in [3.8, 4) is 34.5 Å². The SMILES string of the molecule is COc1cc([C@@H](CC(=O)NC[C@H](c2cc(OC)c(OC)c(OC)c2)N(C)C)c2oc(C)cc(=O)c2O)ccc1O. The number of hydrogen-bond acceptors (Lipinski definition) is 10. The van der Waals surface area contributed by atoms with Crippen LogP contribution in [0.5, 0.6) is 34.5 Å². The van der Waals surface area contributed by atoms with Crippen LogP contribution in [0.4, 0.5) is 0 Å². The van der Waals surface area contributed by atoms with Crippen molar-refractivity contribution in [2.24, 2.45) is 0 Å². The lowest BCUT2D eigenvalue weighted by Crippen LogP contribution is -2.35. The van der Waals surface area contributed by atoms with Crippen LogP contribution in [0.15, 0.2) is 45.6 Å². The molecule has 0 aliphatic rings. The number of ether oxygens (including phenoxy) is 4. The highest BCUT2D eigenvalue weighted by molar-refractivity contribution is 5.77. The van der Waals surface area contributed by atoms with Gasteiger partial charge in [0.1, 0.15) is 5.76 Å². The van der Waals surface area contributed by atoms with Gasteiger partial charge in [-0.2, -0.15) is 0 Å².